The number of nitrogens with two attached hydrogens (primary N) is 1. The first-order valence-electron chi connectivity index (χ1n) is 5.11. The number of fused-ring (bicyclic) bond motifs is 1. The van der Waals surface area contributed by atoms with Crippen LogP contribution in [-0.2, 0) is 0 Å². The van der Waals surface area contributed by atoms with Gasteiger partial charge in [0.1, 0.15) is 5.82 Å². The molecule has 0 unspecified atom stereocenters. The number of H-pyrrole nitrogens is 2. The normalized spacial score (nSPS) is 11.2. The Kier molecular flexibility index (Phi) is 2.37. The SMILES string of the molecule is Cc1nc(Sc2cc3[nH]c(=O)oc3cc2N)n[nH]1. The van der Waals surface area contributed by atoms with Crippen LogP contribution in [0.4, 0.5) is 5.69 Å². The Hall–Kier alpha value is -2.22. The molecule has 0 fully saturated rings. The van der Waals surface area contributed by atoms with Crippen molar-refractivity contribution in [3.8, 4) is 0 Å². The number of anilines is 1. The highest BCUT2D eigenvalue weighted by Gasteiger charge is 2.10. The zero-order valence-electron chi connectivity index (χ0n) is 9.35. The number of aromatic nitrogens is 4. The number of hydrogen-bond acceptors (Lipinski definition) is 6. The van der Waals surface area contributed by atoms with Crippen LogP contribution in [0.3, 0.4) is 0 Å². The van der Waals surface area contributed by atoms with Gasteiger partial charge in [-0.15, -0.1) is 5.10 Å². The molecule has 0 amide bonds. The Morgan fingerprint density at radius 1 is 1.44 bits per heavy atom. The minimum Gasteiger partial charge on any atom is -0.408 e. The highest BCUT2D eigenvalue weighted by atomic mass is 32.2. The zero-order chi connectivity index (χ0) is 12.7. The van der Waals surface area contributed by atoms with E-state index >= 15 is 0 Å². The lowest BCUT2D eigenvalue weighted by atomic mass is 10.3. The summed E-state index contributed by atoms with van der Waals surface area (Å²) in [5.74, 6) is 0.231. The van der Waals surface area contributed by atoms with Crippen LogP contribution in [0.1, 0.15) is 5.82 Å². The molecule has 0 saturated heterocycles. The number of oxazole rings is 1. The molecule has 1 aromatic carbocycles. The van der Waals surface area contributed by atoms with Gasteiger partial charge in [-0.3, -0.25) is 10.1 Å². The molecule has 8 heteroatoms. The van der Waals surface area contributed by atoms with Crippen LogP contribution < -0.4 is 11.5 Å². The molecule has 0 bridgehead atoms. The summed E-state index contributed by atoms with van der Waals surface area (Å²) in [6.07, 6.45) is 0. The van der Waals surface area contributed by atoms with Crippen molar-refractivity contribution in [2.24, 2.45) is 0 Å². The molecule has 0 atom stereocenters. The number of aryl methyl sites for hydroxylation is 1. The van der Waals surface area contributed by atoms with Crippen LogP contribution in [0.25, 0.3) is 11.1 Å². The minimum absolute atomic E-state index is 0.438. The van der Waals surface area contributed by atoms with Gasteiger partial charge < -0.3 is 10.2 Å². The third-order valence-electron chi connectivity index (χ3n) is 2.33. The lowest BCUT2D eigenvalue weighted by Gasteiger charge is -2.01. The largest absolute Gasteiger partial charge is 0.417 e. The molecule has 0 radical (unpaired) electrons. The first-order chi connectivity index (χ1) is 8.61. The second-order valence-electron chi connectivity index (χ2n) is 3.71. The van der Waals surface area contributed by atoms with Crippen LogP contribution in [-0.4, -0.2) is 20.2 Å². The van der Waals surface area contributed by atoms with Crippen molar-refractivity contribution in [2.75, 3.05) is 5.73 Å². The molecule has 0 saturated carbocycles. The molecule has 7 nitrogen and oxygen atoms in total. The molecule has 92 valence electrons. The summed E-state index contributed by atoms with van der Waals surface area (Å²) in [6.45, 7) is 1.82. The molecule has 3 rings (SSSR count). The number of rotatable bonds is 2. The van der Waals surface area contributed by atoms with Gasteiger partial charge in [-0.05, 0) is 24.8 Å². The van der Waals surface area contributed by atoms with Gasteiger partial charge in [0.15, 0.2) is 5.58 Å². The average Bonchev–Trinajstić information content (AvgIpc) is 2.85. The number of nitrogens with zero attached hydrogens (tertiary/aromatic N) is 2. The maximum Gasteiger partial charge on any atom is 0.417 e. The summed E-state index contributed by atoms with van der Waals surface area (Å²) in [6, 6.07) is 3.35. The van der Waals surface area contributed by atoms with Gasteiger partial charge >= 0.3 is 5.76 Å². The smallest absolute Gasteiger partial charge is 0.408 e. The maximum atomic E-state index is 11.1. The second-order valence-corrected chi connectivity index (χ2v) is 4.72. The number of benzene rings is 1. The zero-order valence-corrected chi connectivity index (χ0v) is 10.2. The molecule has 4 N–H and O–H groups in total. The van der Waals surface area contributed by atoms with Gasteiger partial charge in [0, 0.05) is 16.6 Å². The Morgan fingerprint density at radius 3 is 3.00 bits per heavy atom. The van der Waals surface area contributed by atoms with E-state index < -0.39 is 5.76 Å². The fourth-order valence-electron chi connectivity index (χ4n) is 1.55. The minimum atomic E-state index is -0.500. The van der Waals surface area contributed by atoms with E-state index in [-0.39, 0.29) is 0 Å². The topological polar surface area (TPSA) is 114 Å². The van der Waals surface area contributed by atoms with Crippen LogP contribution in [0, 0.1) is 6.92 Å². The van der Waals surface area contributed by atoms with Crippen molar-refractivity contribution in [1.82, 2.24) is 20.2 Å². The van der Waals surface area contributed by atoms with Crippen LogP contribution in [0.5, 0.6) is 0 Å². The molecule has 18 heavy (non-hydrogen) atoms. The summed E-state index contributed by atoms with van der Waals surface area (Å²) < 4.78 is 4.92. The van der Waals surface area contributed by atoms with Crippen molar-refractivity contribution < 1.29 is 4.42 Å². The van der Waals surface area contributed by atoms with Gasteiger partial charge in [-0.2, -0.15) is 0 Å². The molecular weight excluding hydrogens is 254 g/mol. The highest BCUT2D eigenvalue weighted by Crippen LogP contribution is 2.32. The molecule has 0 aliphatic rings. The lowest BCUT2D eigenvalue weighted by Crippen LogP contribution is -1.93. The molecule has 0 aliphatic carbocycles. The van der Waals surface area contributed by atoms with E-state index in [4.69, 9.17) is 10.2 Å². The molecule has 2 heterocycles. The van der Waals surface area contributed by atoms with Crippen molar-refractivity contribution in [1.29, 1.82) is 0 Å². The van der Waals surface area contributed by atoms with Crippen molar-refractivity contribution >= 4 is 28.5 Å². The van der Waals surface area contributed by atoms with Crippen molar-refractivity contribution in [2.45, 2.75) is 17.0 Å². The fraction of sp³-hybridized carbons (Fsp3) is 0.100. The number of aromatic amines is 2. The average molecular weight is 263 g/mol. The summed E-state index contributed by atoms with van der Waals surface area (Å²) in [5, 5.41) is 7.34. The van der Waals surface area contributed by atoms with Gasteiger partial charge in [0.05, 0.1) is 5.52 Å². The quantitative estimate of drug-likeness (QED) is 0.600. The summed E-state index contributed by atoms with van der Waals surface area (Å²) in [7, 11) is 0. The van der Waals surface area contributed by atoms with E-state index in [0.29, 0.717) is 21.9 Å². The van der Waals surface area contributed by atoms with Crippen molar-refractivity contribution in [3.05, 3.63) is 28.5 Å². The molecule has 0 spiro atoms. The van der Waals surface area contributed by atoms with E-state index in [9.17, 15) is 4.79 Å². The van der Waals surface area contributed by atoms with Crippen LogP contribution in [0.2, 0.25) is 0 Å². The summed E-state index contributed by atoms with van der Waals surface area (Å²) in [5.41, 5.74) is 7.44. The summed E-state index contributed by atoms with van der Waals surface area (Å²) >= 11 is 1.32. The Morgan fingerprint density at radius 2 is 2.28 bits per heavy atom. The van der Waals surface area contributed by atoms with Gasteiger partial charge in [0.25, 0.3) is 0 Å². The maximum absolute atomic E-state index is 11.1. The molecule has 0 aliphatic heterocycles. The monoisotopic (exact) mass is 263 g/mol. The van der Waals surface area contributed by atoms with Gasteiger partial charge in [-0.25, -0.2) is 9.78 Å². The Bertz CT molecular complexity index is 772. The number of hydrogen-bond donors (Lipinski definition) is 3. The van der Waals surface area contributed by atoms with E-state index in [0.717, 1.165) is 10.7 Å². The summed E-state index contributed by atoms with van der Waals surface area (Å²) in [4.78, 5) is 18.6. The number of nitrogen functional groups attached to an aromatic ring is 1. The highest BCUT2D eigenvalue weighted by molar-refractivity contribution is 7.99. The first-order valence-corrected chi connectivity index (χ1v) is 5.92. The molecule has 2 aromatic heterocycles. The van der Waals surface area contributed by atoms with Crippen LogP contribution in [0.15, 0.2) is 31.4 Å². The van der Waals surface area contributed by atoms with Gasteiger partial charge in [0.2, 0.25) is 5.16 Å². The van der Waals surface area contributed by atoms with E-state index in [1.54, 1.807) is 12.1 Å². The third-order valence-corrected chi connectivity index (χ3v) is 3.27. The molecule has 3 aromatic rings. The first kappa shape index (κ1) is 10.9. The predicted octanol–water partition coefficient (Wildman–Crippen LogP) is 1.28. The van der Waals surface area contributed by atoms with E-state index in [1.807, 2.05) is 6.92 Å². The Labute approximate surface area is 105 Å². The Balaban J connectivity index is 2.05. The standard InChI is InChI=1S/C10H9N5O2S/c1-4-12-9(15-14-4)18-8-3-6-7(2-5(8)11)17-10(16)13-6/h2-3H,11H2,1H3,(H,13,16)(H,12,14,15). The lowest BCUT2D eigenvalue weighted by molar-refractivity contribution is 0.555. The van der Waals surface area contributed by atoms with Crippen molar-refractivity contribution in [3.63, 3.8) is 0 Å². The number of nitrogens with one attached hydrogen (secondary N) is 2. The van der Waals surface area contributed by atoms with E-state index in [2.05, 4.69) is 20.2 Å². The van der Waals surface area contributed by atoms with Crippen LogP contribution >= 0.6 is 11.8 Å². The van der Waals surface area contributed by atoms with Gasteiger partial charge in [-0.1, -0.05) is 0 Å². The second kappa shape index (κ2) is 3.91. The molecular formula is C10H9N5O2S. The fourth-order valence-corrected chi connectivity index (χ4v) is 2.37. The predicted molar refractivity (Wildman–Crippen MR) is 66.5 cm³/mol. The third kappa shape index (κ3) is 1.86. The van der Waals surface area contributed by atoms with E-state index in [1.165, 1.54) is 11.8 Å².